The van der Waals surface area contributed by atoms with Crippen LogP contribution in [0.2, 0.25) is 0 Å². The third kappa shape index (κ3) is 3.44. The van der Waals surface area contributed by atoms with Crippen LogP contribution < -0.4 is 10.5 Å². The van der Waals surface area contributed by atoms with Gasteiger partial charge in [0.2, 0.25) is 0 Å². The van der Waals surface area contributed by atoms with Gasteiger partial charge in [0.25, 0.3) is 0 Å². The zero-order valence-corrected chi connectivity index (χ0v) is 10.9. The molecule has 1 aromatic rings. The van der Waals surface area contributed by atoms with Gasteiger partial charge in [0.1, 0.15) is 10.6 Å². The molecule has 1 rings (SSSR count). The molecule has 0 aliphatic heterocycles. The van der Waals surface area contributed by atoms with Crippen molar-refractivity contribution in [2.75, 3.05) is 13.4 Å². The fraction of sp³-hybridized carbons (Fsp3) is 0.364. The molecule has 6 nitrogen and oxygen atoms in total. The first-order valence-corrected chi connectivity index (χ1v) is 7.00. The largest absolute Gasteiger partial charge is 0.495 e. The molecule has 1 unspecified atom stereocenters. The fourth-order valence-electron chi connectivity index (χ4n) is 1.52. The number of hydrogen-bond acceptors (Lipinski definition) is 5. The van der Waals surface area contributed by atoms with Crippen molar-refractivity contribution in [1.82, 2.24) is 0 Å². The van der Waals surface area contributed by atoms with Crippen LogP contribution in [-0.2, 0) is 14.6 Å². The van der Waals surface area contributed by atoms with E-state index in [0.717, 1.165) is 6.26 Å². The average Bonchev–Trinajstić information content (AvgIpc) is 2.26. The molecule has 0 aliphatic rings. The van der Waals surface area contributed by atoms with E-state index in [0.29, 0.717) is 5.56 Å². The molecule has 3 N–H and O–H groups in total. The van der Waals surface area contributed by atoms with Gasteiger partial charge >= 0.3 is 5.97 Å². The maximum Gasteiger partial charge on any atom is 0.305 e. The van der Waals surface area contributed by atoms with E-state index in [1.807, 2.05) is 0 Å². The minimum Gasteiger partial charge on any atom is -0.495 e. The van der Waals surface area contributed by atoms with Gasteiger partial charge in [0, 0.05) is 12.3 Å². The fourth-order valence-corrected chi connectivity index (χ4v) is 2.39. The Morgan fingerprint density at radius 1 is 1.50 bits per heavy atom. The summed E-state index contributed by atoms with van der Waals surface area (Å²) in [5.41, 5.74) is 6.13. The molecule has 0 spiro atoms. The number of nitrogens with two attached hydrogens (primary N) is 1. The van der Waals surface area contributed by atoms with Gasteiger partial charge in [-0.2, -0.15) is 0 Å². The second kappa shape index (κ2) is 5.36. The number of carboxylic acid groups (broad SMARTS) is 1. The van der Waals surface area contributed by atoms with E-state index in [1.165, 1.54) is 19.2 Å². The number of benzene rings is 1. The molecule has 0 heterocycles. The Kier molecular flexibility index (Phi) is 4.31. The van der Waals surface area contributed by atoms with E-state index < -0.39 is 21.8 Å². The first-order chi connectivity index (χ1) is 8.25. The van der Waals surface area contributed by atoms with Crippen LogP contribution in [0.1, 0.15) is 18.0 Å². The van der Waals surface area contributed by atoms with Crippen molar-refractivity contribution in [3.63, 3.8) is 0 Å². The number of ether oxygens (including phenoxy) is 1. The van der Waals surface area contributed by atoms with Crippen molar-refractivity contribution in [1.29, 1.82) is 0 Å². The molecule has 0 saturated carbocycles. The molecule has 0 fully saturated rings. The first-order valence-electron chi connectivity index (χ1n) is 5.11. The molecule has 18 heavy (non-hydrogen) atoms. The highest BCUT2D eigenvalue weighted by molar-refractivity contribution is 7.90. The van der Waals surface area contributed by atoms with Gasteiger partial charge in [0.05, 0.1) is 13.5 Å². The summed E-state index contributed by atoms with van der Waals surface area (Å²) < 4.78 is 28.1. The van der Waals surface area contributed by atoms with Crippen LogP contribution in [0.3, 0.4) is 0 Å². The SMILES string of the molecule is COc1ccc(C(N)CC(=O)O)cc1S(C)(=O)=O. The molecule has 0 radical (unpaired) electrons. The lowest BCUT2D eigenvalue weighted by atomic mass is 10.0. The van der Waals surface area contributed by atoms with Gasteiger partial charge in [-0.15, -0.1) is 0 Å². The highest BCUT2D eigenvalue weighted by Gasteiger charge is 2.18. The molecule has 0 amide bonds. The third-order valence-corrected chi connectivity index (χ3v) is 3.53. The Morgan fingerprint density at radius 2 is 2.11 bits per heavy atom. The Bertz CT molecular complexity index is 553. The van der Waals surface area contributed by atoms with Gasteiger partial charge in [-0.3, -0.25) is 4.79 Å². The van der Waals surface area contributed by atoms with Crippen molar-refractivity contribution in [3.05, 3.63) is 23.8 Å². The maximum atomic E-state index is 11.6. The predicted octanol–water partition coefficient (Wildman–Crippen LogP) is 0.573. The average molecular weight is 273 g/mol. The number of carbonyl (C=O) groups is 1. The second-order valence-corrected chi connectivity index (χ2v) is 5.87. The third-order valence-electron chi connectivity index (χ3n) is 2.41. The smallest absolute Gasteiger partial charge is 0.305 e. The van der Waals surface area contributed by atoms with Gasteiger partial charge in [-0.25, -0.2) is 8.42 Å². The van der Waals surface area contributed by atoms with Gasteiger partial charge < -0.3 is 15.6 Å². The summed E-state index contributed by atoms with van der Waals surface area (Å²) in [7, 11) is -2.10. The van der Waals surface area contributed by atoms with Crippen LogP contribution in [0.5, 0.6) is 5.75 Å². The Morgan fingerprint density at radius 3 is 2.56 bits per heavy atom. The molecule has 0 aliphatic carbocycles. The van der Waals surface area contributed by atoms with E-state index >= 15 is 0 Å². The second-order valence-electron chi connectivity index (χ2n) is 3.89. The Labute approximate surface area is 105 Å². The van der Waals surface area contributed by atoms with Crippen LogP contribution in [-0.4, -0.2) is 32.9 Å². The number of sulfone groups is 1. The van der Waals surface area contributed by atoms with Gasteiger partial charge in [-0.1, -0.05) is 6.07 Å². The summed E-state index contributed by atoms with van der Waals surface area (Å²) >= 11 is 0. The monoisotopic (exact) mass is 273 g/mol. The van der Waals surface area contributed by atoms with E-state index in [4.69, 9.17) is 15.6 Å². The molecule has 0 saturated heterocycles. The van der Waals surface area contributed by atoms with E-state index in [2.05, 4.69) is 0 Å². The lowest BCUT2D eigenvalue weighted by Crippen LogP contribution is -2.15. The first kappa shape index (κ1) is 14.5. The molecule has 1 aromatic carbocycles. The van der Waals surface area contributed by atoms with Crippen molar-refractivity contribution in [2.45, 2.75) is 17.4 Å². The summed E-state index contributed by atoms with van der Waals surface area (Å²) in [4.78, 5) is 10.6. The summed E-state index contributed by atoms with van der Waals surface area (Å²) in [6, 6.07) is 3.62. The number of aliphatic carboxylic acids is 1. The molecule has 0 bridgehead atoms. The zero-order valence-electron chi connectivity index (χ0n) is 10.1. The summed E-state index contributed by atoms with van der Waals surface area (Å²) in [6.07, 6.45) is 0.785. The molecule has 0 aromatic heterocycles. The molecule has 7 heteroatoms. The zero-order chi connectivity index (χ0) is 13.9. The topological polar surface area (TPSA) is 107 Å². The number of carboxylic acids is 1. The molecular weight excluding hydrogens is 258 g/mol. The summed E-state index contributed by atoms with van der Waals surface area (Å²) in [5.74, 6) is -0.831. The summed E-state index contributed by atoms with van der Waals surface area (Å²) in [6.45, 7) is 0. The minimum atomic E-state index is -3.46. The van der Waals surface area contributed by atoms with Crippen LogP contribution in [0.4, 0.5) is 0 Å². The maximum absolute atomic E-state index is 11.6. The number of methoxy groups -OCH3 is 1. The van der Waals surface area contributed by atoms with Crippen LogP contribution >= 0.6 is 0 Å². The van der Waals surface area contributed by atoms with Crippen molar-refractivity contribution in [2.24, 2.45) is 5.73 Å². The summed E-state index contributed by atoms with van der Waals surface area (Å²) in [5, 5.41) is 8.65. The predicted molar refractivity (Wildman–Crippen MR) is 65.3 cm³/mol. The minimum absolute atomic E-state index is 0.00309. The Balaban J connectivity index is 3.23. The van der Waals surface area contributed by atoms with Crippen molar-refractivity contribution < 1.29 is 23.1 Å². The van der Waals surface area contributed by atoms with E-state index in [1.54, 1.807) is 6.07 Å². The molecule has 100 valence electrons. The van der Waals surface area contributed by atoms with Crippen LogP contribution in [0, 0.1) is 0 Å². The van der Waals surface area contributed by atoms with Crippen LogP contribution in [0.15, 0.2) is 23.1 Å². The van der Waals surface area contributed by atoms with Crippen LogP contribution in [0.25, 0.3) is 0 Å². The van der Waals surface area contributed by atoms with Gasteiger partial charge in [-0.05, 0) is 17.7 Å². The molecule has 1 atom stereocenters. The lowest BCUT2D eigenvalue weighted by molar-refractivity contribution is -0.137. The van der Waals surface area contributed by atoms with Crippen molar-refractivity contribution in [3.8, 4) is 5.75 Å². The highest BCUT2D eigenvalue weighted by atomic mass is 32.2. The standard InChI is InChI=1S/C11H15NO5S/c1-17-9-4-3-7(8(12)6-11(13)14)5-10(9)18(2,15)16/h3-5,8H,6,12H2,1-2H3,(H,13,14). The molecular formula is C11H15NO5S. The Hall–Kier alpha value is -1.60. The van der Waals surface area contributed by atoms with E-state index in [-0.39, 0.29) is 17.1 Å². The van der Waals surface area contributed by atoms with E-state index in [9.17, 15) is 13.2 Å². The number of hydrogen-bond donors (Lipinski definition) is 2. The normalized spacial score (nSPS) is 13.1. The van der Waals surface area contributed by atoms with Crippen molar-refractivity contribution >= 4 is 15.8 Å². The lowest BCUT2D eigenvalue weighted by Gasteiger charge is -2.13. The number of rotatable bonds is 5. The van der Waals surface area contributed by atoms with Gasteiger partial charge in [0.15, 0.2) is 9.84 Å². The highest BCUT2D eigenvalue weighted by Crippen LogP contribution is 2.27. The quantitative estimate of drug-likeness (QED) is 0.812.